The van der Waals surface area contributed by atoms with Gasteiger partial charge in [0.05, 0.1) is 12.5 Å². The van der Waals surface area contributed by atoms with E-state index >= 15 is 0 Å². The third-order valence-corrected chi connectivity index (χ3v) is 7.29. The molecule has 1 atom stereocenters. The Morgan fingerprint density at radius 2 is 1.94 bits per heavy atom. The molecular formula is C24H27Cl2NO4. The molecule has 5 nitrogen and oxygen atoms in total. The number of carboxylic acid groups (broad SMARTS) is 1. The molecule has 1 spiro atoms. The summed E-state index contributed by atoms with van der Waals surface area (Å²) in [5, 5.41) is 10.3. The second kappa shape index (κ2) is 9.27. The van der Waals surface area contributed by atoms with Crippen molar-refractivity contribution in [3.63, 3.8) is 0 Å². The van der Waals surface area contributed by atoms with Crippen molar-refractivity contribution in [2.24, 2.45) is 5.92 Å². The van der Waals surface area contributed by atoms with Crippen LogP contribution in [-0.2, 0) is 16.8 Å². The van der Waals surface area contributed by atoms with Gasteiger partial charge in [0.1, 0.15) is 18.1 Å². The number of carbonyl (C=O) groups is 1. The molecule has 0 bridgehead atoms. The number of carboxylic acids is 1. The zero-order chi connectivity index (χ0) is 22.0. The smallest absolute Gasteiger partial charge is 0.306 e. The van der Waals surface area contributed by atoms with Gasteiger partial charge >= 0.3 is 5.97 Å². The molecule has 2 aliphatic heterocycles. The summed E-state index contributed by atoms with van der Waals surface area (Å²) in [7, 11) is 0. The van der Waals surface area contributed by atoms with Crippen LogP contribution in [0.3, 0.4) is 0 Å². The van der Waals surface area contributed by atoms with Crippen LogP contribution in [0, 0.1) is 5.92 Å². The molecule has 2 aromatic rings. The molecular weight excluding hydrogens is 437 g/mol. The summed E-state index contributed by atoms with van der Waals surface area (Å²) in [6.07, 6.45) is 2.71. The van der Waals surface area contributed by atoms with E-state index < -0.39 is 5.97 Å². The second-order valence-electron chi connectivity index (χ2n) is 8.59. The molecule has 0 aromatic heterocycles. The zero-order valence-electron chi connectivity index (χ0n) is 17.6. The van der Waals surface area contributed by atoms with Crippen LogP contribution in [0.15, 0.2) is 36.4 Å². The van der Waals surface area contributed by atoms with E-state index in [2.05, 4.69) is 11.0 Å². The van der Waals surface area contributed by atoms with Crippen molar-refractivity contribution in [1.82, 2.24) is 4.90 Å². The van der Waals surface area contributed by atoms with E-state index in [4.69, 9.17) is 37.8 Å². The molecule has 7 heteroatoms. The number of benzene rings is 2. The summed E-state index contributed by atoms with van der Waals surface area (Å²) in [5.74, 6) is 0.592. The van der Waals surface area contributed by atoms with Gasteiger partial charge in [-0.25, -0.2) is 0 Å². The molecule has 0 aliphatic carbocycles. The molecule has 166 valence electrons. The molecule has 0 amide bonds. The summed E-state index contributed by atoms with van der Waals surface area (Å²) >= 11 is 12.5. The minimum absolute atomic E-state index is 0.0365. The standard InChI is InChI=1S/C24H27Cl2NO4/c1-16(23(28)29)7-10-27-11-8-24(9-12-27)15-31-22-13-17(5-6-19(22)24)30-14-18-20(25)3-2-4-21(18)26/h2-6,13,16H,7-12,14-15H2,1H3,(H,28,29). The number of rotatable bonds is 7. The molecule has 31 heavy (non-hydrogen) atoms. The lowest BCUT2D eigenvalue weighted by atomic mass is 9.74. The number of hydrogen-bond donors (Lipinski definition) is 1. The maximum absolute atomic E-state index is 11.0. The Labute approximate surface area is 192 Å². The van der Waals surface area contributed by atoms with E-state index in [1.54, 1.807) is 19.1 Å². The van der Waals surface area contributed by atoms with Crippen LogP contribution < -0.4 is 9.47 Å². The summed E-state index contributed by atoms with van der Waals surface area (Å²) < 4.78 is 12.0. The minimum Gasteiger partial charge on any atom is -0.492 e. The highest BCUT2D eigenvalue weighted by Gasteiger charge is 2.43. The van der Waals surface area contributed by atoms with Crippen molar-refractivity contribution >= 4 is 29.2 Å². The third-order valence-electron chi connectivity index (χ3n) is 6.59. The first kappa shape index (κ1) is 22.3. The number of hydrogen-bond acceptors (Lipinski definition) is 4. The summed E-state index contributed by atoms with van der Waals surface area (Å²) in [6.45, 7) is 5.49. The van der Waals surface area contributed by atoms with Crippen LogP contribution in [0.1, 0.15) is 37.3 Å². The van der Waals surface area contributed by atoms with Crippen molar-refractivity contribution in [3.8, 4) is 11.5 Å². The van der Waals surface area contributed by atoms with Gasteiger partial charge in [-0.3, -0.25) is 4.79 Å². The van der Waals surface area contributed by atoms with Crippen LogP contribution in [-0.4, -0.2) is 42.2 Å². The van der Waals surface area contributed by atoms with Gasteiger partial charge in [0.2, 0.25) is 0 Å². The average molecular weight is 464 g/mol. The van der Waals surface area contributed by atoms with Gasteiger partial charge in [0.25, 0.3) is 0 Å². The van der Waals surface area contributed by atoms with E-state index in [-0.39, 0.29) is 11.3 Å². The normalized spacial score (nSPS) is 18.4. The molecule has 1 fully saturated rings. The molecule has 0 saturated carbocycles. The number of fused-ring (bicyclic) bond motifs is 2. The first-order valence-corrected chi connectivity index (χ1v) is 11.4. The lowest BCUT2D eigenvalue weighted by Gasteiger charge is -2.38. The highest BCUT2D eigenvalue weighted by molar-refractivity contribution is 6.35. The number of aliphatic carboxylic acids is 1. The van der Waals surface area contributed by atoms with Crippen molar-refractivity contribution in [3.05, 3.63) is 57.6 Å². The van der Waals surface area contributed by atoms with E-state index in [9.17, 15) is 4.79 Å². The summed E-state index contributed by atoms with van der Waals surface area (Å²) in [6, 6.07) is 11.5. The largest absolute Gasteiger partial charge is 0.492 e. The van der Waals surface area contributed by atoms with Crippen molar-refractivity contribution in [1.29, 1.82) is 0 Å². The molecule has 2 aromatic carbocycles. The minimum atomic E-state index is -0.721. The van der Waals surface area contributed by atoms with Crippen molar-refractivity contribution in [2.75, 3.05) is 26.2 Å². The Morgan fingerprint density at radius 1 is 1.23 bits per heavy atom. The van der Waals surface area contributed by atoms with Gasteiger partial charge in [0, 0.05) is 32.7 Å². The van der Waals surface area contributed by atoms with Crippen LogP contribution >= 0.6 is 23.2 Å². The number of likely N-dealkylation sites (tertiary alicyclic amines) is 1. The van der Waals surface area contributed by atoms with Crippen molar-refractivity contribution in [2.45, 2.75) is 38.2 Å². The Hall–Kier alpha value is -1.95. The molecule has 1 unspecified atom stereocenters. The van der Waals surface area contributed by atoms with Crippen LogP contribution in [0.5, 0.6) is 11.5 Å². The maximum atomic E-state index is 11.0. The number of halogens is 2. The predicted octanol–water partition coefficient (Wildman–Crippen LogP) is 5.41. The highest BCUT2D eigenvalue weighted by Crippen LogP contribution is 2.46. The van der Waals surface area contributed by atoms with Gasteiger partial charge in [0.15, 0.2) is 0 Å². The fourth-order valence-corrected chi connectivity index (χ4v) is 4.89. The van der Waals surface area contributed by atoms with Gasteiger partial charge in [-0.15, -0.1) is 0 Å². The molecule has 1 N–H and O–H groups in total. The lowest BCUT2D eigenvalue weighted by molar-refractivity contribution is -0.141. The monoisotopic (exact) mass is 463 g/mol. The SMILES string of the molecule is CC(CCN1CCC2(CC1)COc1cc(OCc3c(Cl)cccc3Cl)ccc12)C(=O)O. The Kier molecular flexibility index (Phi) is 6.65. The zero-order valence-corrected chi connectivity index (χ0v) is 19.1. The first-order valence-electron chi connectivity index (χ1n) is 10.7. The van der Waals surface area contributed by atoms with E-state index in [1.165, 1.54) is 5.56 Å². The Morgan fingerprint density at radius 3 is 2.61 bits per heavy atom. The van der Waals surface area contributed by atoms with E-state index in [0.29, 0.717) is 29.7 Å². The lowest BCUT2D eigenvalue weighted by Crippen LogP contribution is -2.44. The van der Waals surface area contributed by atoms with E-state index in [0.717, 1.165) is 49.5 Å². The molecule has 4 rings (SSSR count). The number of nitrogens with zero attached hydrogens (tertiary/aromatic N) is 1. The second-order valence-corrected chi connectivity index (χ2v) is 9.40. The first-order chi connectivity index (χ1) is 14.9. The summed E-state index contributed by atoms with van der Waals surface area (Å²) in [4.78, 5) is 13.4. The van der Waals surface area contributed by atoms with Crippen LogP contribution in [0.4, 0.5) is 0 Å². The average Bonchev–Trinajstić information content (AvgIpc) is 3.10. The molecule has 0 radical (unpaired) electrons. The summed E-state index contributed by atoms with van der Waals surface area (Å²) in [5.41, 5.74) is 2.05. The van der Waals surface area contributed by atoms with Gasteiger partial charge in [-0.1, -0.05) is 42.3 Å². The van der Waals surface area contributed by atoms with Crippen LogP contribution in [0.2, 0.25) is 10.0 Å². The van der Waals surface area contributed by atoms with Crippen LogP contribution in [0.25, 0.3) is 0 Å². The molecule has 2 heterocycles. The fourth-order valence-electron chi connectivity index (χ4n) is 4.39. The molecule has 1 saturated heterocycles. The quantitative estimate of drug-likeness (QED) is 0.594. The van der Waals surface area contributed by atoms with Crippen molar-refractivity contribution < 1.29 is 19.4 Å². The molecule has 2 aliphatic rings. The van der Waals surface area contributed by atoms with Gasteiger partial charge in [-0.2, -0.15) is 0 Å². The Balaban J connectivity index is 1.37. The third kappa shape index (κ3) is 4.79. The highest BCUT2D eigenvalue weighted by atomic mass is 35.5. The fraction of sp³-hybridized carbons (Fsp3) is 0.458. The van der Waals surface area contributed by atoms with Gasteiger partial charge in [-0.05, 0) is 57.1 Å². The van der Waals surface area contributed by atoms with E-state index in [1.807, 2.05) is 18.2 Å². The Bertz CT molecular complexity index is 936. The maximum Gasteiger partial charge on any atom is 0.306 e. The number of piperidine rings is 1. The van der Waals surface area contributed by atoms with Gasteiger partial charge < -0.3 is 19.5 Å². The number of ether oxygens (including phenoxy) is 2. The topological polar surface area (TPSA) is 59.0 Å². The predicted molar refractivity (Wildman–Crippen MR) is 121 cm³/mol.